The Labute approximate surface area is 216 Å². The summed E-state index contributed by atoms with van der Waals surface area (Å²) in [4.78, 5) is 35.0. The molecule has 0 aliphatic rings. The van der Waals surface area contributed by atoms with Gasteiger partial charge in [-0.15, -0.1) is 0 Å². The number of nitrogens with two attached hydrogens (primary N) is 1. The van der Waals surface area contributed by atoms with Gasteiger partial charge in [0.15, 0.2) is 17.2 Å². The SMILES string of the molecule is C=C(C)C(=O)OCCOc1ccc(-c2ccc(OC(=O)C(=C)C)c(N)c2)cc1OCCOC(=O)C(=C)C. The molecule has 0 aliphatic heterocycles. The number of esters is 3. The lowest BCUT2D eigenvalue weighted by Crippen LogP contribution is -2.14. The first-order valence-electron chi connectivity index (χ1n) is 11.3. The lowest BCUT2D eigenvalue weighted by atomic mass is 10.0. The number of benzene rings is 2. The molecule has 0 saturated heterocycles. The fourth-order valence-corrected chi connectivity index (χ4v) is 2.75. The van der Waals surface area contributed by atoms with Crippen LogP contribution in [0.4, 0.5) is 5.69 Å². The van der Waals surface area contributed by atoms with Crippen LogP contribution in [0, 0.1) is 0 Å². The van der Waals surface area contributed by atoms with Crippen molar-refractivity contribution in [1.29, 1.82) is 0 Å². The van der Waals surface area contributed by atoms with Crippen LogP contribution in [-0.4, -0.2) is 44.3 Å². The van der Waals surface area contributed by atoms with E-state index >= 15 is 0 Å². The van der Waals surface area contributed by atoms with Gasteiger partial charge in [-0.25, -0.2) is 14.4 Å². The van der Waals surface area contributed by atoms with Crippen LogP contribution in [-0.2, 0) is 23.9 Å². The van der Waals surface area contributed by atoms with E-state index in [9.17, 15) is 14.4 Å². The van der Waals surface area contributed by atoms with E-state index in [2.05, 4.69) is 19.7 Å². The molecule has 0 spiro atoms. The summed E-state index contributed by atoms with van der Waals surface area (Å²) in [6, 6.07) is 10.2. The van der Waals surface area contributed by atoms with E-state index in [0.717, 1.165) is 11.1 Å². The van der Waals surface area contributed by atoms with Crippen molar-refractivity contribution in [2.75, 3.05) is 32.2 Å². The number of hydrogen-bond acceptors (Lipinski definition) is 9. The molecule has 2 rings (SSSR count). The van der Waals surface area contributed by atoms with E-state index in [0.29, 0.717) is 11.5 Å². The zero-order chi connectivity index (χ0) is 27.5. The van der Waals surface area contributed by atoms with Crippen LogP contribution in [0.2, 0.25) is 0 Å². The quantitative estimate of drug-likeness (QED) is 0.137. The van der Waals surface area contributed by atoms with E-state index in [1.54, 1.807) is 57.2 Å². The second kappa shape index (κ2) is 13.5. The third-order valence-corrected chi connectivity index (χ3v) is 4.68. The maximum absolute atomic E-state index is 11.8. The number of hydrogen-bond donors (Lipinski definition) is 1. The summed E-state index contributed by atoms with van der Waals surface area (Å²) >= 11 is 0. The highest BCUT2D eigenvalue weighted by Gasteiger charge is 2.13. The second-order valence-corrected chi connectivity index (χ2v) is 8.11. The molecule has 0 radical (unpaired) electrons. The summed E-state index contributed by atoms with van der Waals surface area (Å²) in [5, 5.41) is 0. The van der Waals surface area contributed by atoms with Crippen molar-refractivity contribution in [3.63, 3.8) is 0 Å². The Morgan fingerprint density at radius 2 is 1.11 bits per heavy atom. The maximum Gasteiger partial charge on any atom is 0.338 e. The van der Waals surface area contributed by atoms with Crippen molar-refractivity contribution in [3.8, 4) is 28.4 Å². The fraction of sp³-hybridized carbons (Fsp3) is 0.250. The number of nitrogen functional groups attached to an aromatic ring is 1. The Balaban J connectivity index is 2.20. The van der Waals surface area contributed by atoms with Gasteiger partial charge in [0.2, 0.25) is 0 Å². The summed E-state index contributed by atoms with van der Waals surface area (Å²) in [6.07, 6.45) is 0. The molecule has 0 aromatic heterocycles. The topological polar surface area (TPSA) is 123 Å². The Hall–Kier alpha value is -4.53. The Morgan fingerprint density at radius 3 is 1.59 bits per heavy atom. The van der Waals surface area contributed by atoms with Gasteiger partial charge in [-0.3, -0.25) is 0 Å². The molecule has 0 saturated carbocycles. The number of carbonyl (C=O) groups is 3. The third-order valence-electron chi connectivity index (χ3n) is 4.68. The normalized spacial score (nSPS) is 10.1. The highest BCUT2D eigenvalue weighted by atomic mass is 16.6. The second-order valence-electron chi connectivity index (χ2n) is 8.11. The average molecular weight is 510 g/mol. The molecule has 2 aromatic rings. The monoisotopic (exact) mass is 509 g/mol. The van der Waals surface area contributed by atoms with Gasteiger partial charge in [0.25, 0.3) is 0 Å². The minimum Gasteiger partial charge on any atom is -0.486 e. The predicted molar refractivity (Wildman–Crippen MR) is 139 cm³/mol. The molecule has 2 aromatic carbocycles. The van der Waals surface area contributed by atoms with Crippen molar-refractivity contribution in [1.82, 2.24) is 0 Å². The number of carbonyl (C=O) groups excluding carboxylic acids is 3. The Bertz CT molecular complexity index is 1210. The van der Waals surface area contributed by atoms with Crippen LogP contribution in [0.3, 0.4) is 0 Å². The molecule has 0 bridgehead atoms. The third kappa shape index (κ3) is 8.88. The van der Waals surface area contributed by atoms with E-state index in [4.69, 9.17) is 29.4 Å². The van der Waals surface area contributed by atoms with Crippen LogP contribution in [0.15, 0.2) is 72.9 Å². The molecular weight excluding hydrogens is 478 g/mol. The average Bonchev–Trinajstić information content (AvgIpc) is 2.85. The van der Waals surface area contributed by atoms with Crippen molar-refractivity contribution in [3.05, 3.63) is 72.9 Å². The van der Waals surface area contributed by atoms with Gasteiger partial charge in [-0.2, -0.15) is 0 Å². The van der Waals surface area contributed by atoms with Crippen molar-refractivity contribution >= 4 is 23.6 Å². The molecule has 196 valence electrons. The first kappa shape index (κ1) is 28.7. The molecule has 9 heteroatoms. The molecule has 37 heavy (non-hydrogen) atoms. The highest BCUT2D eigenvalue weighted by Crippen LogP contribution is 2.35. The van der Waals surface area contributed by atoms with Gasteiger partial charge in [0, 0.05) is 16.7 Å². The van der Waals surface area contributed by atoms with Crippen molar-refractivity contribution < 1.29 is 38.1 Å². The summed E-state index contributed by atoms with van der Waals surface area (Å²) in [5.41, 5.74) is 8.64. The molecule has 0 fully saturated rings. The Morgan fingerprint density at radius 1 is 0.649 bits per heavy atom. The van der Waals surface area contributed by atoms with Crippen LogP contribution < -0.4 is 19.9 Å². The molecular formula is C28H31NO8. The summed E-state index contributed by atoms with van der Waals surface area (Å²) < 4.78 is 26.9. The van der Waals surface area contributed by atoms with Gasteiger partial charge in [-0.05, 0) is 56.2 Å². The molecule has 2 N–H and O–H groups in total. The molecule has 9 nitrogen and oxygen atoms in total. The van der Waals surface area contributed by atoms with E-state index in [1.165, 1.54) is 0 Å². The molecule has 0 amide bonds. The predicted octanol–water partition coefficient (Wildman–Crippen LogP) is 4.41. The first-order valence-corrected chi connectivity index (χ1v) is 11.3. The van der Waals surface area contributed by atoms with Crippen LogP contribution in [0.5, 0.6) is 17.2 Å². The van der Waals surface area contributed by atoms with E-state index in [1.807, 2.05) is 0 Å². The van der Waals surface area contributed by atoms with Gasteiger partial charge in [-0.1, -0.05) is 31.9 Å². The number of ether oxygens (including phenoxy) is 5. The largest absolute Gasteiger partial charge is 0.486 e. The number of rotatable bonds is 13. The number of anilines is 1. The summed E-state index contributed by atoms with van der Waals surface area (Å²) in [6.45, 7) is 15.4. The fourth-order valence-electron chi connectivity index (χ4n) is 2.75. The Kier molecular flexibility index (Phi) is 10.5. The van der Waals surface area contributed by atoms with Gasteiger partial charge in [0.1, 0.15) is 26.4 Å². The van der Waals surface area contributed by atoms with E-state index < -0.39 is 17.9 Å². The molecule has 0 aliphatic carbocycles. The minimum atomic E-state index is -0.571. The van der Waals surface area contributed by atoms with Gasteiger partial charge < -0.3 is 29.4 Å². The zero-order valence-electron chi connectivity index (χ0n) is 21.3. The lowest BCUT2D eigenvalue weighted by Gasteiger charge is -2.15. The standard InChI is InChI=1S/C28H31NO8/c1-17(2)26(30)35-13-11-33-24-10-8-21(16-25(24)34-12-14-36-27(31)18(3)4)20-7-9-23(22(29)15-20)37-28(32)19(5)6/h7-10,15-16H,1,3,5,11-14,29H2,2,4,6H3. The highest BCUT2D eigenvalue weighted by molar-refractivity contribution is 5.90. The lowest BCUT2D eigenvalue weighted by molar-refractivity contribution is -0.140. The van der Waals surface area contributed by atoms with Crippen molar-refractivity contribution in [2.45, 2.75) is 20.8 Å². The molecule has 0 atom stereocenters. The van der Waals surface area contributed by atoms with Crippen LogP contribution in [0.1, 0.15) is 20.8 Å². The molecule has 0 unspecified atom stereocenters. The van der Waals surface area contributed by atoms with E-state index in [-0.39, 0.29) is 54.6 Å². The summed E-state index contributed by atoms with van der Waals surface area (Å²) in [5.74, 6) is -0.622. The zero-order valence-corrected chi connectivity index (χ0v) is 21.3. The summed E-state index contributed by atoms with van der Waals surface area (Å²) in [7, 11) is 0. The van der Waals surface area contributed by atoms with Gasteiger partial charge in [0.05, 0.1) is 5.69 Å². The van der Waals surface area contributed by atoms with Crippen LogP contribution in [0.25, 0.3) is 11.1 Å². The van der Waals surface area contributed by atoms with Crippen molar-refractivity contribution in [2.24, 2.45) is 0 Å². The first-order chi connectivity index (χ1) is 17.5. The van der Waals surface area contributed by atoms with Crippen LogP contribution >= 0.6 is 0 Å². The smallest absolute Gasteiger partial charge is 0.338 e. The minimum absolute atomic E-state index is 0.00131. The van der Waals surface area contributed by atoms with Gasteiger partial charge >= 0.3 is 17.9 Å². The molecule has 0 heterocycles. The maximum atomic E-state index is 11.8.